The van der Waals surface area contributed by atoms with Gasteiger partial charge in [0.05, 0.1) is 9.82 Å². The molecule has 1 heterocycles. The maximum atomic E-state index is 12.7. The van der Waals surface area contributed by atoms with Gasteiger partial charge in [0, 0.05) is 44.9 Å². The predicted octanol–water partition coefficient (Wildman–Crippen LogP) is 1.80. The lowest BCUT2D eigenvalue weighted by atomic mass is 10.2. The summed E-state index contributed by atoms with van der Waals surface area (Å²) in [6.07, 6.45) is 3.04. The number of hydrogen-bond acceptors (Lipinski definition) is 5. The van der Waals surface area contributed by atoms with Gasteiger partial charge < -0.3 is 10.2 Å². The van der Waals surface area contributed by atoms with Crippen LogP contribution >= 0.6 is 0 Å². The van der Waals surface area contributed by atoms with Gasteiger partial charge in [0.2, 0.25) is 10.0 Å². The van der Waals surface area contributed by atoms with E-state index in [4.69, 9.17) is 0 Å². The van der Waals surface area contributed by atoms with E-state index in [1.807, 2.05) is 0 Å². The van der Waals surface area contributed by atoms with Gasteiger partial charge in [0.15, 0.2) is 0 Å². The number of hydrogen-bond donors (Lipinski definition) is 1. The fourth-order valence-electron chi connectivity index (χ4n) is 2.72. The standard InChI is InChI=1S/C16H24N4O5S/c1-2-3-4-8-17-16(21)18-9-11-19(12-10-18)26(24,25)15-7-5-6-14(13-15)20(22)23/h5-7,13H,2-4,8-12H2,1H3,(H,17,21). The van der Waals surface area contributed by atoms with Crippen LogP contribution in [-0.4, -0.2) is 61.3 Å². The fraction of sp³-hybridized carbons (Fsp3) is 0.562. The first kappa shape index (κ1) is 20.1. The van der Waals surface area contributed by atoms with Crippen LogP contribution in [0.5, 0.6) is 0 Å². The van der Waals surface area contributed by atoms with Crippen LogP contribution in [0.1, 0.15) is 26.2 Å². The van der Waals surface area contributed by atoms with E-state index in [1.165, 1.54) is 22.5 Å². The Morgan fingerprint density at radius 3 is 2.54 bits per heavy atom. The molecule has 1 fully saturated rings. The highest BCUT2D eigenvalue weighted by Gasteiger charge is 2.30. The zero-order valence-electron chi connectivity index (χ0n) is 14.8. The number of carbonyl (C=O) groups is 1. The van der Waals surface area contributed by atoms with Gasteiger partial charge in [-0.2, -0.15) is 4.31 Å². The summed E-state index contributed by atoms with van der Waals surface area (Å²) in [6, 6.07) is 4.82. The number of non-ortho nitro benzene ring substituents is 1. The SMILES string of the molecule is CCCCCNC(=O)N1CCN(S(=O)(=O)c2cccc([N+](=O)[O-])c2)CC1. The van der Waals surface area contributed by atoms with E-state index >= 15 is 0 Å². The van der Waals surface area contributed by atoms with Crippen LogP contribution in [0.3, 0.4) is 0 Å². The van der Waals surface area contributed by atoms with E-state index in [0.29, 0.717) is 6.54 Å². The first-order valence-electron chi connectivity index (χ1n) is 8.63. The smallest absolute Gasteiger partial charge is 0.317 e. The van der Waals surface area contributed by atoms with Crippen molar-refractivity contribution in [3.05, 3.63) is 34.4 Å². The number of urea groups is 1. The Bertz CT molecular complexity index is 745. The molecule has 10 heteroatoms. The highest BCUT2D eigenvalue weighted by Crippen LogP contribution is 2.22. The molecule has 1 aromatic carbocycles. The van der Waals surface area contributed by atoms with Crippen molar-refractivity contribution >= 4 is 21.7 Å². The number of nitrogens with one attached hydrogen (secondary N) is 1. The summed E-state index contributed by atoms with van der Waals surface area (Å²) in [4.78, 5) is 23.8. The summed E-state index contributed by atoms with van der Waals surface area (Å²) in [5.74, 6) is 0. The summed E-state index contributed by atoms with van der Waals surface area (Å²) >= 11 is 0. The molecule has 1 aliphatic heterocycles. The molecular weight excluding hydrogens is 360 g/mol. The average Bonchev–Trinajstić information content (AvgIpc) is 2.65. The molecule has 0 unspecified atom stereocenters. The van der Waals surface area contributed by atoms with Crippen molar-refractivity contribution < 1.29 is 18.1 Å². The molecule has 1 aromatic rings. The van der Waals surface area contributed by atoms with Crippen LogP contribution in [0, 0.1) is 10.1 Å². The number of unbranched alkanes of at least 4 members (excludes halogenated alkanes) is 2. The summed E-state index contributed by atoms with van der Waals surface area (Å²) in [7, 11) is -3.82. The van der Waals surface area contributed by atoms with Crippen molar-refractivity contribution in [3.63, 3.8) is 0 Å². The van der Waals surface area contributed by atoms with Crippen LogP contribution in [0.25, 0.3) is 0 Å². The largest absolute Gasteiger partial charge is 0.338 e. The summed E-state index contributed by atoms with van der Waals surface area (Å²) < 4.78 is 26.6. The second-order valence-corrected chi connectivity index (χ2v) is 8.02. The molecule has 0 saturated carbocycles. The normalized spacial score (nSPS) is 15.7. The number of carbonyl (C=O) groups excluding carboxylic acids is 1. The van der Waals surface area contributed by atoms with Gasteiger partial charge in [-0.3, -0.25) is 10.1 Å². The fourth-order valence-corrected chi connectivity index (χ4v) is 4.18. The minimum atomic E-state index is -3.82. The van der Waals surface area contributed by atoms with Crippen LogP contribution in [-0.2, 0) is 10.0 Å². The van der Waals surface area contributed by atoms with Gasteiger partial charge >= 0.3 is 6.03 Å². The zero-order chi connectivity index (χ0) is 19.2. The molecule has 2 amide bonds. The lowest BCUT2D eigenvalue weighted by molar-refractivity contribution is -0.385. The Labute approximate surface area is 153 Å². The first-order chi connectivity index (χ1) is 12.4. The number of piperazine rings is 1. The quantitative estimate of drug-likeness (QED) is 0.437. The number of benzene rings is 1. The van der Waals surface area contributed by atoms with Gasteiger partial charge in [-0.1, -0.05) is 25.8 Å². The average molecular weight is 384 g/mol. The molecule has 0 aromatic heterocycles. The predicted molar refractivity (Wildman–Crippen MR) is 96.4 cm³/mol. The Morgan fingerprint density at radius 1 is 1.23 bits per heavy atom. The number of rotatable bonds is 7. The summed E-state index contributed by atoms with van der Waals surface area (Å²) in [5, 5.41) is 13.7. The molecule has 1 N–H and O–H groups in total. The molecule has 1 aliphatic rings. The first-order valence-corrected chi connectivity index (χ1v) is 10.1. The third-order valence-electron chi connectivity index (χ3n) is 4.25. The second kappa shape index (κ2) is 8.95. The maximum Gasteiger partial charge on any atom is 0.317 e. The molecule has 9 nitrogen and oxygen atoms in total. The van der Waals surface area contributed by atoms with Crippen LogP contribution in [0.15, 0.2) is 29.2 Å². The molecule has 0 aliphatic carbocycles. The van der Waals surface area contributed by atoms with Crippen LogP contribution < -0.4 is 5.32 Å². The maximum absolute atomic E-state index is 12.7. The monoisotopic (exact) mass is 384 g/mol. The van der Waals surface area contributed by atoms with Crippen molar-refractivity contribution in [1.82, 2.24) is 14.5 Å². The van der Waals surface area contributed by atoms with Gasteiger partial charge in [0.1, 0.15) is 0 Å². The molecule has 0 radical (unpaired) electrons. The topological polar surface area (TPSA) is 113 Å². The molecule has 1 saturated heterocycles. The molecule has 0 spiro atoms. The number of nitro benzene ring substituents is 1. The van der Waals surface area contributed by atoms with Crippen molar-refractivity contribution in [2.75, 3.05) is 32.7 Å². The van der Waals surface area contributed by atoms with Crippen LogP contribution in [0.4, 0.5) is 10.5 Å². The van der Waals surface area contributed by atoms with Gasteiger partial charge in [-0.05, 0) is 12.5 Å². The summed E-state index contributed by atoms with van der Waals surface area (Å²) in [6.45, 7) is 3.59. The van der Waals surface area contributed by atoms with Crippen molar-refractivity contribution in [2.45, 2.75) is 31.1 Å². The van der Waals surface area contributed by atoms with E-state index in [2.05, 4.69) is 12.2 Å². The Kier molecular flexibility index (Phi) is 6.92. The van der Waals surface area contributed by atoms with Crippen molar-refractivity contribution in [3.8, 4) is 0 Å². The molecule has 26 heavy (non-hydrogen) atoms. The third kappa shape index (κ3) is 4.92. The minimum absolute atomic E-state index is 0.107. The van der Waals surface area contributed by atoms with E-state index < -0.39 is 14.9 Å². The number of sulfonamides is 1. The van der Waals surface area contributed by atoms with Gasteiger partial charge in [-0.25, -0.2) is 13.2 Å². The Hall–Kier alpha value is -2.20. The van der Waals surface area contributed by atoms with Crippen molar-refractivity contribution in [2.24, 2.45) is 0 Å². The minimum Gasteiger partial charge on any atom is -0.338 e. The van der Waals surface area contributed by atoms with E-state index in [0.717, 1.165) is 25.3 Å². The van der Waals surface area contributed by atoms with Crippen LogP contribution in [0.2, 0.25) is 0 Å². The van der Waals surface area contributed by atoms with Gasteiger partial charge in [-0.15, -0.1) is 0 Å². The lowest BCUT2D eigenvalue weighted by Gasteiger charge is -2.34. The number of nitrogens with zero attached hydrogens (tertiary/aromatic N) is 3. The highest BCUT2D eigenvalue weighted by molar-refractivity contribution is 7.89. The second-order valence-electron chi connectivity index (χ2n) is 6.08. The number of amides is 2. The van der Waals surface area contributed by atoms with E-state index in [9.17, 15) is 23.3 Å². The van der Waals surface area contributed by atoms with Crippen molar-refractivity contribution in [1.29, 1.82) is 0 Å². The lowest BCUT2D eigenvalue weighted by Crippen LogP contribution is -2.53. The van der Waals surface area contributed by atoms with Gasteiger partial charge in [0.25, 0.3) is 5.69 Å². The molecule has 0 atom stereocenters. The highest BCUT2D eigenvalue weighted by atomic mass is 32.2. The Balaban J connectivity index is 1.95. The van der Waals surface area contributed by atoms with E-state index in [-0.39, 0.29) is 42.8 Å². The van der Waals surface area contributed by atoms with E-state index in [1.54, 1.807) is 4.90 Å². The Morgan fingerprint density at radius 2 is 1.92 bits per heavy atom. The molecule has 144 valence electrons. The molecule has 0 bridgehead atoms. The molecular formula is C16H24N4O5S. The molecule has 2 rings (SSSR count). The number of nitro groups is 1. The zero-order valence-corrected chi connectivity index (χ0v) is 15.6. The third-order valence-corrected chi connectivity index (χ3v) is 6.14. The summed E-state index contributed by atoms with van der Waals surface area (Å²) in [5.41, 5.74) is -0.267.